The Labute approximate surface area is 105 Å². The Bertz CT molecular complexity index is 590. The average Bonchev–Trinajstić information content (AvgIpc) is 2.40. The molecule has 0 aromatic heterocycles. The summed E-state index contributed by atoms with van der Waals surface area (Å²) in [5.74, 6) is 0.302. The molecule has 0 aliphatic carbocycles. The molecular weight excluding hydrogens is 226 g/mol. The maximum atomic E-state index is 12.1. The molecule has 0 spiro atoms. The van der Waals surface area contributed by atoms with E-state index in [9.17, 15) is 9.90 Å². The third-order valence-corrected chi connectivity index (χ3v) is 3.20. The highest BCUT2D eigenvalue weighted by molar-refractivity contribution is 6.03. The molecule has 0 radical (unpaired) electrons. The molecule has 2 aromatic carbocycles. The van der Waals surface area contributed by atoms with E-state index in [-0.39, 0.29) is 11.7 Å². The molecule has 3 heteroatoms. The van der Waals surface area contributed by atoms with Crippen molar-refractivity contribution >= 4 is 17.3 Å². The number of rotatable bonds is 1. The zero-order valence-electron chi connectivity index (χ0n) is 9.84. The zero-order valence-corrected chi connectivity index (χ0v) is 9.84. The van der Waals surface area contributed by atoms with Gasteiger partial charge in [-0.05, 0) is 42.3 Å². The summed E-state index contributed by atoms with van der Waals surface area (Å²) in [5.41, 5.74) is 2.93. The maximum absolute atomic E-state index is 12.1. The first-order valence-electron chi connectivity index (χ1n) is 5.95. The second-order valence-electron chi connectivity index (χ2n) is 4.37. The molecule has 1 aliphatic rings. The van der Waals surface area contributed by atoms with Crippen molar-refractivity contribution in [3.05, 3.63) is 54.1 Å². The average molecular weight is 239 g/mol. The molecule has 1 aliphatic heterocycles. The zero-order chi connectivity index (χ0) is 12.5. The van der Waals surface area contributed by atoms with Crippen molar-refractivity contribution in [2.24, 2.45) is 0 Å². The summed E-state index contributed by atoms with van der Waals surface area (Å²) >= 11 is 0. The second-order valence-corrected chi connectivity index (χ2v) is 4.37. The van der Waals surface area contributed by atoms with Crippen molar-refractivity contribution < 1.29 is 9.90 Å². The van der Waals surface area contributed by atoms with Crippen LogP contribution in [-0.4, -0.2) is 11.0 Å². The van der Waals surface area contributed by atoms with Crippen LogP contribution in [0.2, 0.25) is 0 Å². The number of carbonyl (C=O) groups is 1. The van der Waals surface area contributed by atoms with Gasteiger partial charge in [0.1, 0.15) is 5.75 Å². The van der Waals surface area contributed by atoms with Crippen molar-refractivity contribution in [2.75, 3.05) is 4.90 Å². The van der Waals surface area contributed by atoms with E-state index in [4.69, 9.17) is 0 Å². The Morgan fingerprint density at radius 3 is 2.44 bits per heavy atom. The molecule has 0 atom stereocenters. The first kappa shape index (κ1) is 10.8. The van der Waals surface area contributed by atoms with Crippen LogP contribution >= 0.6 is 0 Å². The van der Waals surface area contributed by atoms with Gasteiger partial charge in [-0.1, -0.05) is 18.2 Å². The second kappa shape index (κ2) is 4.18. The maximum Gasteiger partial charge on any atom is 0.231 e. The normalized spacial score (nSPS) is 14.4. The van der Waals surface area contributed by atoms with Crippen molar-refractivity contribution in [3.8, 4) is 5.75 Å². The van der Waals surface area contributed by atoms with Crippen LogP contribution in [0.15, 0.2) is 48.5 Å². The molecule has 2 aromatic rings. The number of nitrogens with zero attached hydrogens (tertiary/aromatic N) is 1. The number of aryl methyl sites for hydroxylation is 1. The topological polar surface area (TPSA) is 40.5 Å². The number of hydrogen-bond donors (Lipinski definition) is 1. The number of para-hydroxylation sites is 1. The van der Waals surface area contributed by atoms with Crippen LogP contribution in [0.5, 0.6) is 5.75 Å². The van der Waals surface area contributed by atoms with Gasteiger partial charge in [0.2, 0.25) is 5.91 Å². The van der Waals surface area contributed by atoms with Crippen molar-refractivity contribution in [2.45, 2.75) is 12.8 Å². The number of anilines is 2. The SMILES string of the molecule is O=C1CCc2ccccc2N1c1ccc(O)cc1. The van der Waals surface area contributed by atoms with Gasteiger partial charge in [-0.2, -0.15) is 0 Å². The summed E-state index contributed by atoms with van der Waals surface area (Å²) in [5, 5.41) is 9.31. The molecule has 90 valence electrons. The lowest BCUT2D eigenvalue weighted by Crippen LogP contribution is -2.30. The van der Waals surface area contributed by atoms with Crippen LogP contribution in [0.1, 0.15) is 12.0 Å². The van der Waals surface area contributed by atoms with Crippen LogP contribution in [-0.2, 0) is 11.2 Å². The first-order valence-corrected chi connectivity index (χ1v) is 5.95. The van der Waals surface area contributed by atoms with E-state index in [0.29, 0.717) is 6.42 Å². The summed E-state index contributed by atoms with van der Waals surface area (Å²) in [6.07, 6.45) is 1.32. The van der Waals surface area contributed by atoms with E-state index >= 15 is 0 Å². The molecule has 1 N–H and O–H groups in total. The number of benzene rings is 2. The van der Waals surface area contributed by atoms with Crippen LogP contribution < -0.4 is 4.90 Å². The highest BCUT2D eigenvalue weighted by Gasteiger charge is 2.24. The lowest BCUT2D eigenvalue weighted by Gasteiger charge is -2.29. The fourth-order valence-electron chi connectivity index (χ4n) is 2.31. The minimum Gasteiger partial charge on any atom is -0.508 e. The highest BCUT2D eigenvalue weighted by atomic mass is 16.3. The molecule has 18 heavy (non-hydrogen) atoms. The van der Waals surface area contributed by atoms with E-state index in [1.165, 1.54) is 5.56 Å². The molecule has 3 nitrogen and oxygen atoms in total. The van der Waals surface area contributed by atoms with Crippen LogP contribution in [0.3, 0.4) is 0 Å². The summed E-state index contributed by atoms with van der Waals surface area (Å²) in [6, 6.07) is 14.6. The standard InChI is InChI=1S/C15H13NO2/c17-13-8-6-12(7-9-13)16-14-4-2-1-3-11(14)5-10-15(16)18/h1-4,6-9,17H,5,10H2. The Morgan fingerprint density at radius 1 is 0.944 bits per heavy atom. The van der Waals surface area contributed by atoms with E-state index in [2.05, 4.69) is 6.07 Å². The lowest BCUT2D eigenvalue weighted by molar-refractivity contribution is -0.118. The Morgan fingerprint density at radius 2 is 1.67 bits per heavy atom. The molecule has 0 saturated carbocycles. The largest absolute Gasteiger partial charge is 0.508 e. The number of aromatic hydroxyl groups is 1. The Balaban J connectivity index is 2.10. The smallest absolute Gasteiger partial charge is 0.231 e. The number of phenolic OH excluding ortho intramolecular Hbond substituents is 1. The fraction of sp³-hybridized carbons (Fsp3) is 0.133. The Kier molecular flexibility index (Phi) is 2.52. The van der Waals surface area contributed by atoms with Crippen LogP contribution in [0, 0.1) is 0 Å². The van der Waals surface area contributed by atoms with Gasteiger partial charge in [-0.15, -0.1) is 0 Å². The van der Waals surface area contributed by atoms with Gasteiger partial charge >= 0.3 is 0 Å². The minimum atomic E-state index is 0.0967. The summed E-state index contributed by atoms with van der Waals surface area (Å²) < 4.78 is 0. The summed E-state index contributed by atoms with van der Waals surface area (Å²) in [4.78, 5) is 13.8. The predicted molar refractivity (Wildman–Crippen MR) is 70.0 cm³/mol. The monoisotopic (exact) mass is 239 g/mol. The first-order chi connectivity index (χ1) is 8.75. The molecule has 0 fully saturated rings. The van der Waals surface area contributed by atoms with Gasteiger partial charge in [0.05, 0.1) is 5.69 Å². The van der Waals surface area contributed by atoms with Crippen molar-refractivity contribution in [1.82, 2.24) is 0 Å². The predicted octanol–water partition coefficient (Wildman–Crippen LogP) is 3.00. The Hall–Kier alpha value is -2.29. The van der Waals surface area contributed by atoms with Gasteiger partial charge in [0.15, 0.2) is 0 Å². The summed E-state index contributed by atoms with van der Waals surface area (Å²) in [7, 11) is 0. The quantitative estimate of drug-likeness (QED) is 0.831. The molecule has 1 amide bonds. The van der Waals surface area contributed by atoms with E-state index in [0.717, 1.165) is 17.8 Å². The van der Waals surface area contributed by atoms with E-state index in [1.807, 2.05) is 18.2 Å². The highest BCUT2D eigenvalue weighted by Crippen LogP contribution is 2.34. The van der Waals surface area contributed by atoms with Crippen LogP contribution in [0.25, 0.3) is 0 Å². The third kappa shape index (κ3) is 1.74. The van der Waals surface area contributed by atoms with Crippen molar-refractivity contribution in [3.63, 3.8) is 0 Å². The number of amides is 1. The molecule has 0 saturated heterocycles. The van der Waals surface area contributed by atoms with E-state index in [1.54, 1.807) is 29.2 Å². The molecule has 3 rings (SSSR count). The molecular formula is C15H13NO2. The number of hydrogen-bond acceptors (Lipinski definition) is 2. The van der Waals surface area contributed by atoms with Gasteiger partial charge in [0, 0.05) is 12.1 Å². The molecule has 1 heterocycles. The minimum absolute atomic E-state index is 0.0967. The van der Waals surface area contributed by atoms with Gasteiger partial charge in [-0.25, -0.2) is 0 Å². The number of carbonyl (C=O) groups excluding carboxylic acids is 1. The molecule has 0 bridgehead atoms. The fourth-order valence-corrected chi connectivity index (χ4v) is 2.31. The van der Waals surface area contributed by atoms with Gasteiger partial charge in [-0.3, -0.25) is 9.69 Å². The van der Waals surface area contributed by atoms with Crippen molar-refractivity contribution in [1.29, 1.82) is 0 Å². The third-order valence-electron chi connectivity index (χ3n) is 3.20. The van der Waals surface area contributed by atoms with Gasteiger partial charge < -0.3 is 5.11 Å². The lowest BCUT2D eigenvalue weighted by atomic mass is 10.0. The van der Waals surface area contributed by atoms with Gasteiger partial charge in [0.25, 0.3) is 0 Å². The number of phenols is 1. The van der Waals surface area contributed by atoms with Crippen LogP contribution in [0.4, 0.5) is 11.4 Å². The van der Waals surface area contributed by atoms with E-state index < -0.39 is 0 Å². The molecule has 0 unspecified atom stereocenters. The number of fused-ring (bicyclic) bond motifs is 1. The summed E-state index contributed by atoms with van der Waals surface area (Å²) in [6.45, 7) is 0.